The lowest BCUT2D eigenvalue weighted by molar-refractivity contribution is -0.150. The van der Waals surface area contributed by atoms with Gasteiger partial charge in [0.1, 0.15) is 5.75 Å². The molecule has 1 rings (SSSR count). The molecule has 0 aliphatic rings. The SMILES string of the molecule is CCC(C(=O)Oc1ccccc1)C(O)(CC)CC. The second-order valence-corrected chi connectivity index (χ2v) is 4.51. The van der Waals surface area contributed by atoms with E-state index in [-0.39, 0.29) is 5.97 Å². The van der Waals surface area contributed by atoms with E-state index in [1.165, 1.54) is 0 Å². The molecule has 0 aliphatic heterocycles. The third-order valence-electron chi connectivity index (χ3n) is 3.53. The largest absolute Gasteiger partial charge is 0.426 e. The molecule has 0 saturated heterocycles. The number of aliphatic hydroxyl groups is 1. The van der Waals surface area contributed by atoms with E-state index in [9.17, 15) is 9.90 Å². The van der Waals surface area contributed by atoms with Crippen molar-refractivity contribution in [3.63, 3.8) is 0 Å². The van der Waals surface area contributed by atoms with Gasteiger partial charge >= 0.3 is 5.97 Å². The molecular weight excluding hydrogens is 228 g/mol. The van der Waals surface area contributed by atoms with Crippen LogP contribution >= 0.6 is 0 Å². The van der Waals surface area contributed by atoms with Gasteiger partial charge in [0.25, 0.3) is 0 Å². The number of hydrogen-bond acceptors (Lipinski definition) is 3. The predicted molar refractivity (Wildman–Crippen MR) is 71.4 cm³/mol. The van der Waals surface area contributed by atoms with Crippen LogP contribution in [0.4, 0.5) is 0 Å². The Morgan fingerprint density at radius 3 is 2.22 bits per heavy atom. The van der Waals surface area contributed by atoms with Crippen LogP contribution in [0.25, 0.3) is 0 Å². The number of benzene rings is 1. The van der Waals surface area contributed by atoms with Gasteiger partial charge in [-0.25, -0.2) is 0 Å². The summed E-state index contributed by atoms with van der Waals surface area (Å²) >= 11 is 0. The Morgan fingerprint density at radius 2 is 1.78 bits per heavy atom. The topological polar surface area (TPSA) is 46.5 Å². The summed E-state index contributed by atoms with van der Waals surface area (Å²) in [5.74, 6) is -0.307. The van der Waals surface area contributed by atoms with Crippen LogP contribution in [0.2, 0.25) is 0 Å². The molecule has 3 heteroatoms. The smallest absolute Gasteiger partial charge is 0.317 e. The van der Waals surface area contributed by atoms with Gasteiger partial charge < -0.3 is 9.84 Å². The van der Waals surface area contributed by atoms with Gasteiger partial charge in [-0.3, -0.25) is 4.79 Å². The predicted octanol–water partition coefficient (Wildman–Crippen LogP) is 3.17. The highest BCUT2D eigenvalue weighted by Gasteiger charge is 2.38. The normalized spacial score (nSPS) is 13.1. The van der Waals surface area contributed by atoms with Crippen molar-refractivity contribution in [2.24, 2.45) is 5.92 Å². The molecule has 3 nitrogen and oxygen atoms in total. The van der Waals surface area contributed by atoms with E-state index >= 15 is 0 Å². The molecule has 0 bridgehead atoms. The second-order valence-electron chi connectivity index (χ2n) is 4.51. The van der Waals surface area contributed by atoms with E-state index in [1.54, 1.807) is 12.1 Å². The average molecular weight is 250 g/mol. The molecule has 1 N–H and O–H groups in total. The van der Waals surface area contributed by atoms with Gasteiger partial charge in [-0.15, -0.1) is 0 Å². The molecule has 100 valence electrons. The first-order valence-corrected chi connectivity index (χ1v) is 6.56. The molecule has 1 atom stereocenters. The molecule has 1 aromatic rings. The zero-order chi connectivity index (χ0) is 13.6. The second kappa shape index (κ2) is 6.55. The van der Waals surface area contributed by atoms with Crippen molar-refractivity contribution in [3.8, 4) is 5.75 Å². The first kappa shape index (κ1) is 14.7. The van der Waals surface area contributed by atoms with Crippen molar-refractivity contribution in [2.45, 2.75) is 45.6 Å². The van der Waals surface area contributed by atoms with Gasteiger partial charge in [-0.05, 0) is 31.4 Å². The molecule has 0 radical (unpaired) electrons. The highest BCUT2D eigenvalue weighted by Crippen LogP contribution is 2.29. The molecule has 0 aliphatic carbocycles. The van der Waals surface area contributed by atoms with Gasteiger partial charge in [0.05, 0.1) is 11.5 Å². The molecule has 18 heavy (non-hydrogen) atoms. The number of hydrogen-bond donors (Lipinski definition) is 1. The fourth-order valence-corrected chi connectivity index (χ4v) is 2.18. The summed E-state index contributed by atoms with van der Waals surface area (Å²) in [6.45, 7) is 5.68. The fraction of sp³-hybridized carbons (Fsp3) is 0.533. The van der Waals surface area contributed by atoms with E-state index in [2.05, 4.69) is 0 Å². The van der Waals surface area contributed by atoms with Crippen LogP contribution in [0, 0.1) is 5.92 Å². The average Bonchev–Trinajstić information content (AvgIpc) is 2.40. The third-order valence-corrected chi connectivity index (χ3v) is 3.53. The van der Waals surface area contributed by atoms with Crippen LogP contribution in [0.3, 0.4) is 0 Å². The number of esters is 1. The monoisotopic (exact) mass is 250 g/mol. The molecule has 0 aromatic heterocycles. The maximum atomic E-state index is 12.1. The molecule has 0 fully saturated rings. The van der Waals surface area contributed by atoms with Crippen molar-refractivity contribution in [3.05, 3.63) is 30.3 Å². The Balaban J connectivity index is 2.80. The summed E-state index contributed by atoms with van der Waals surface area (Å²) in [6, 6.07) is 8.97. The lowest BCUT2D eigenvalue weighted by Gasteiger charge is -2.32. The Bertz CT molecular complexity index is 369. The summed E-state index contributed by atoms with van der Waals surface area (Å²) in [4.78, 5) is 12.1. The summed E-state index contributed by atoms with van der Waals surface area (Å²) in [5.41, 5.74) is -0.972. The first-order valence-electron chi connectivity index (χ1n) is 6.56. The first-order chi connectivity index (χ1) is 8.57. The van der Waals surface area contributed by atoms with Crippen LogP contribution < -0.4 is 4.74 Å². The minimum atomic E-state index is -0.972. The Kier molecular flexibility index (Phi) is 5.35. The summed E-state index contributed by atoms with van der Waals surface area (Å²) < 4.78 is 5.32. The van der Waals surface area contributed by atoms with Crippen molar-refractivity contribution >= 4 is 5.97 Å². The Hall–Kier alpha value is -1.35. The lowest BCUT2D eigenvalue weighted by atomic mass is 9.81. The molecule has 0 spiro atoms. The third kappa shape index (κ3) is 3.33. The summed E-state index contributed by atoms with van der Waals surface area (Å²) in [6.07, 6.45) is 1.67. The maximum Gasteiger partial charge on any atom is 0.317 e. The van der Waals surface area contributed by atoms with Crippen LogP contribution in [0.5, 0.6) is 5.75 Å². The summed E-state index contributed by atoms with van der Waals surface area (Å²) in [7, 11) is 0. The number of rotatable bonds is 6. The Labute approximate surface area is 109 Å². The highest BCUT2D eigenvalue weighted by atomic mass is 16.5. The van der Waals surface area contributed by atoms with Crippen LogP contribution in [-0.4, -0.2) is 16.7 Å². The van der Waals surface area contributed by atoms with E-state index in [0.29, 0.717) is 25.0 Å². The number of para-hydroxylation sites is 1. The van der Waals surface area contributed by atoms with Gasteiger partial charge in [0, 0.05) is 0 Å². The minimum absolute atomic E-state index is 0.352. The molecule has 1 aromatic carbocycles. The van der Waals surface area contributed by atoms with Crippen molar-refractivity contribution < 1.29 is 14.6 Å². The van der Waals surface area contributed by atoms with Crippen molar-refractivity contribution in [1.82, 2.24) is 0 Å². The summed E-state index contributed by atoms with van der Waals surface area (Å²) in [5, 5.41) is 10.4. The van der Waals surface area contributed by atoms with E-state index in [0.717, 1.165) is 0 Å². The lowest BCUT2D eigenvalue weighted by Crippen LogP contribution is -2.42. The van der Waals surface area contributed by atoms with Crippen molar-refractivity contribution in [2.75, 3.05) is 0 Å². The molecular formula is C15H22O3. The number of carbonyl (C=O) groups excluding carboxylic acids is 1. The number of carbonyl (C=O) groups is 1. The zero-order valence-electron chi connectivity index (χ0n) is 11.3. The highest BCUT2D eigenvalue weighted by molar-refractivity contribution is 5.76. The van der Waals surface area contributed by atoms with Crippen LogP contribution in [-0.2, 0) is 4.79 Å². The van der Waals surface area contributed by atoms with E-state index in [4.69, 9.17) is 4.74 Å². The van der Waals surface area contributed by atoms with Gasteiger partial charge in [0.2, 0.25) is 0 Å². The van der Waals surface area contributed by atoms with E-state index in [1.807, 2.05) is 39.0 Å². The molecule has 0 heterocycles. The van der Waals surface area contributed by atoms with Gasteiger partial charge in [-0.1, -0.05) is 39.0 Å². The molecule has 1 unspecified atom stereocenters. The molecule has 0 saturated carbocycles. The quantitative estimate of drug-likeness (QED) is 0.623. The number of ether oxygens (including phenoxy) is 1. The Morgan fingerprint density at radius 1 is 1.22 bits per heavy atom. The van der Waals surface area contributed by atoms with Gasteiger partial charge in [-0.2, -0.15) is 0 Å². The van der Waals surface area contributed by atoms with Gasteiger partial charge in [0.15, 0.2) is 0 Å². The van der Waals surface area contributed by atoms with Crippen LogP contribution in [0.1, 0.15) is 40.0 Å². The standard InChI is InChI=1S/C15H22O3/c1-4-13(15(17,5-2)6-3)14(16)18-12-10-8-7-9-11-12/h7-11,13,17H,4-6H2,1-3H3. The molecule has 0 amide bonds. The zero-order valence-corrected chi connectivity index (χ0v) is 11.3. The van der Waals surface area contributed by atoms with Crippen molar-refractivity contribution in [1.29, 1.82) is 0 Å². The fourth-order valence-electron chi connectivity index (χ4n) is 2.18. The van der Waals surface area contributed by atoms with Crippen LogP contribution in [0.15, 0.2) is 30.3 Å². The maximum absolute atomic E-state index is 12.1. The minimum Gasteiger partial charge on any atom is -0.426 e. The van der Waals surface area contributed by atoms with E-state index < -0.39 is 11.5 Å².